The van der Waals surface area contributed by atoms with Crippen LogP contribution >= 0.6 is 12.6 Å². The maximum atomic E-state index is 11.1. The van der Waals surface area contributed by atoms with Crippen molar-refractivity contribution in [3.8, 4) is 0 Å². The normalized spacial score (nSPS) is 13.8. The predicted octanol–water partition coefficient (Wildman–Crippen LogP) is 1.90. The molecule has 0 aliphatic carbocycles. The molecule has 2 rings (SSSR count). The summed E-state index contributed by atoms with van der Waals surface area (Å²) in [6.07, 6.45) is 1.48. The molecule has 0 radical (unpaired) electrons. The molecule has 0 spiro atoms. The number of hydrogen-bond acceptors (Lipinski definition) is 4. The predicted molar refractivity (Wildman–Crippen MR) is 66.2 cm³/mol. The molecule has 0 aromatic heterocycles. The summed E-state index contributed by atoms with van der Waals surface area (Å²) >= 11 is 4.32. The minimum Gasteiger partial charge on any atom is -0.469 e. The second-order valence-corrected chi connectivity index (χ2v) is 4.39. The third-order valence-electron chi connectivity index (χ3n) is 2.87. The van der Waals surface area contributed by atoms with E-state index in [-0.39, 0.29) is 5.97 Å². The van der Waals surface area contributed by atoms with E-state index in [2.05, 4.69) is 34.4 Å². The molecule has 3 nitrogen and oxygen atoms in total. The highest BCUT2D eigenvalue weighted by Gasteiger charge is 2.19. The maximum absolute atomic E-state index is 11.1. The van der Waals surface area contributed by atoms with E-state index in [0.717, 1.165) is 24.4 Å². The third-order valence-corrected chi connectivity index (χ3v) is 3.15. The van der Waals surface area contributed by atoms with Crippen LogP contribution in [-0.4, -0.2) is 26.2 Å². The first-order valence-electron chi connectivity index (χ1n) is 5.34. The van der Waals surface area contributed by atoms with Crippen molar-refractivity contribution in [1.29, 1.82) is 0 Å². The van der Waals surface area contributed by atoms with Gasteiger partial charge in [0, 0.05) is 23.7 Å². The van der Waals surface area contributed by atoms with Crippen LogP contribution in [0.1, 0.15) is 12.0 Å². The van der Waals surface area contributed by atoms with Gasteiger partial charge in [-0.15, -0.1) is 12.6 Å². The number of rotatable bonds is 3. The number of nitrogens with zero attached hydrogens (tertiary/aromatic N) is 1. The smallest absolute Gasteiger partial charge is 0.307 e. The highest BCUT2D eigenvalue weighted by atomic mass is 32.1. The van der Waals surface area contributed by atoms with Gasteiger partial charge in [-0.05, 0) is 30.2 Å². The van der Waals surface area contributed by atoms with E-state index in [1.807, 2.05) is 6.07 Å². The van der Waals surface area contributed by atoms with Crippen molar-refractivity contribution in [3.05, 3.63) is 23.8 Å². The first kappa shape index (κ1) is 11.3. The summed E-state index contributed by atoms with van der Waals surface area (Å²) in [4.78, 5) is 14.3. The second-order valence-electron chi connectivity index (χ2n) is 3.88. The fourth-order valence-electron chi connectivity index (χ4n) is 2.02. The Morgan fingerprint density at radius 2 is 2.38 bits per heavy atom. The lowest BCUT2D eigenvalue weighted by Crippen LogP contribution is -2.24. The van der Waals surface area contributed by atoms with Gasteiger partial charge in [0.1, 0.15) is 0 Å². The van der Waals surface area contributed by atoms with Crippen molar-refractivity contribution in [2.75, 3.05) is 25.1 Å². The molecule has 0 fully saturated rings. The van der Waals surface area contributed by atoms with E-state index in [4.69, 9.17) is 0 Å². The molecule has 0 saturated carbocycles. The Morgan fingerprint density at radius 3 is 3.12 bits per heavy atom. The van der Waals surface area contributed by atoms with Crippen LogP contribution in [0.5, 0.6) is 0 Å². The first-order valence-corrected chi connectivity index (χ1v) is 5.79. The zero-order valence-corrected chi connectivity index (χ0v) is 10.2. The largest absolute Gasteiger partial charge is 0.469 e. The number of methoxy groups -OCH3 is 1. The van der Waals surface area contributed by atoms with E-state index >= 15 is 0 Å². The molecular weight excluding hydrogens is 222 g/mol. The highest BCUT2D eigenvalue weighted by molar-refractivity contribution is 7.80. The lowest BCUT2D eigenvalue weighted by atomic mass is 10.2. The second kappa shape index (κ2) is 4.78. The fraction of sp³-hybridized carbons (Fsp3) is 0.417. The highest BCUT2D eigenvalue weighted by Crippen LogP contribution is 2.29. The van der Waals surface area contributed by atoms with E-state index in [1.54, 1.807) is 0 Å². The van der Waals surface area contributed by atoms with Crippen LogP contribution in [0.3, 0.4) is 0 Å². The Hall–Kier alpha value is -1.16. The number of esters is 1. The topological polar surface area (TPSA) is 29.5 Å². The zero-order valence-electron chi connectivity index (χ0n) is 9.27. The standard InChI is InChI=1S/C12H15NO2S/c1-15-12(14)5-7-13-6-4-9-8-10(16)2-3-11(9)13/h2-3,8,16H,4-7H2,1H3. The third kappa shape index (κ3) is 2.32. The zero-order chi connectivity index (χ0) is 11.5. The van der Waals surface area contributed by atoms with Crippen LogP contribution < -0.4 is 4.90 Å². The number of carbonyl (C=O) groups is 1. The lowest BCUT2D eigenvalue weighted by Gasteiger charge is -2.18. The molecule has 1 aliphatic heterocycles. The molecule has 1 aliphatic rings. The summed E-state index contributed by atoms with van der Waals surface area (Å²) < 4.78 is 4.64. The van der Waals surface area contributed by atoms with Gasteiger partial charge in [0.2, 0.25) is 0 Å². The Labute approximate surface area is 101 Å². The van der Waals surface area contributed by atoms with Crippen molar-refractivity contribution in [3.63, 3.8) is 0 Å². The quantitative estimate of drug-likeness (QED) is 0.643. The van der Waals surface area contributed by atoms with Gasteiger partial charge in [0.05, 0.1) is 13.5 Å². The minimum atomic E-state index is -0.153. The lowest BCUT2D eigenvalue weighted by molar-refractivity contribution is -0.140. The van der Waals surface area contributed by atoms with Crippen LogP contribution in [-0.2, 0) is 16.0 Å². The van der Waals surface area contributed by atoms with E-state index in [0.29, 0.717) is 6.42 Å². The molecule has 0 bridgehead atoms. The van der Waals surface area contributed by atoms with Crippen LogP contribution in [0.15, 0.2) is 23.1 Å². The molecule has 4 heteroatoms. The summed E-state index contributed by atoms with van der Waals surface area (Å²) in [6.45, 7) is 1.70. The Kier molecular flexibility index (Phi) is 3.39. The van der Waals surface area contributed by atoms with Crippen LogP contribution in [0.25, 0.3) is 0 Å². The Morgan fingerprint density at radius 1 is 1.56 bits per heavy atom. The number of fused-ring (bicyclic) bond motifs is 1. The average molecular weight is 237 g/mol. The molecule has 16 heavy (non-hydrogen) atoms. The summed E-state index contributed by atoms with van der Waals surface area (Å²) in [7, 11) is 1.42. The SMILES string of the molecule is COC(=O)CCN1CCc2cc(S)ccc21. The molecule has 0 saturated heterocycles. The van der Waals surface area contributed by atoms with Gasteiger partial charge in [-0.25, -0.2) is 0 Å². The fourth-order valence-corrected chi connectivity index (χ4v) is 2.25. The molecule has 0 unspecified atom stereocenters. The monoisotopic (exact) mass is 237 g/mol. The number of anilines is 1. The van der Waals surface area contributed by atoms with Crippen molar-refractivity contribution in [2.24, 2.45) is 0 Å². The van der Waals surface area contributed by atoms with Gasteiger partial charge in [0.25, 0.3) is 0 Å². The summed E-state index contributed by atoms with van der Waals surface area (Å²) in [5.41, 5.74) is 2.54. The van der Waals surface area contributed by atoms with Crippen molar-refractivity contribution in [2.45, 2.75) is 17.7 Å². The number of ether oxygens (including phenoxy) is 1. The number of carbonyl (C=O) groups excluding carboxylic acids is 1. The van der Waals surface area contributed by atoms with Gasteiger partial charge in [-0.3, -0.25) is 4.79 Å². The Balaban J connectivity index is 2.03. The summed E-state index contributed by atoms with van der Waals surface area (Å²) in [5, 5.41) is 0. The van der Waals surface area contributed by atoms with Crippen LogP contribution in [0, 0.1) is 0 Å². The van der Waals surface area contributed by atoms with Gasteiger partial charge in [-0.1, -0.05) is 0 Å². The van der Waals surface area contributed by atoms with Crippen LogP contribution in [0.2, 0.25) is 0 Å². The van der Waals surface area contributed by atoms with Crippen molar-refractivity contribution in [1.82, 2.24) is 0 Å². The van der Waals surface area contributed by atoms with Gasteiger partial charge >= 0.3 is 5.97 Å². The molecule has 0 amide bonds. The first-order chi connectivity index (χ1) is 7.70. The molecule has 86 valence electrons. The number of benzene rings is 1. The molecule has 1 aromatic rings. The van der Waals surface area contributed by atoms with E-state index in [9.17, 15) is 4.79 Å². The average Bonchev–Trinajstić information content (AvgIpc) is 2.68. The van der Waals surface area contributed by atoms with Crippen LogP contribution in [0.4, 0.5) is 5.69 Å². The molecule has 0 N–H and O–H groups in total. The minimum absolute atomic E-state index is 0.153. The molecule has 0 atom stereocenters. The van der Waals surface area contributed by atoms with Gasteiger partial charge in [0.15, 0.2) is 0 Å². The maximum Gasteiger partial charge on any atom is 0.307 e. The molecule has 1 aromatic carbocycles. The number of hydrogen-bond donors (Lipinski definition) is 1. The molecule has 1 heterocycles. The Bertz CT molecular complexity index is 406. The summed E-state index contributed by atoms with van der Waals surface area (Å²) in [5.74, 6) is -0.153. The van der Waals surface area contributed by atoms with Gasteiger partial charge < -0.3 is 9.64 Å². The van der Waals surface area contributed by atoms with E-state index < -0.39 is 0 Å². The van der Waals surface area contributed by atoms with Gasteiger partial charge in [-0.2, -0.15) is 0 Å². The molecular formula is C12H15NO2S. The summed E-state index contributed by atoms with van der Waals surface area (Å²) in [6, 6.07) is 6.15. The van der Waals surface area contributed by atoms with Crippen molar-refractivity contribution >= 4 is 24.3 Å². The number of thiol groups is 1. The van der Waals surface area contributed by atoms with Crippen molar-refractivity contribution < 1.29 is 9.53 Å². The van der Waals surface area contributed by atoms with E-state index in [1.165, 1.54) is 18.4 Å².